The van der Waals surface area contributed by atoms with E-state index in [1.54, 1.807) is 30.5 Å². The second-order valence-corrected chi connectivity index (χ2v) is 7.96. The van der Waals surface area contributed by atoms with E-state index < -0.39 is 9.84 Å². The third-order valence-electron chi connectivity index (χ3n) is 4.04. The van der Waals surface area contributed by atoms with Crippen LogP contribution in [-0.4, -0.2) is 24.6 Å². The van der Waals surface area contributed by atoms with Gasteiger partial charge < -0.3 is 10.2 Å². The zero-order valence-corrected chi connectivity index (χ0v) is 14.7. The van der Waals surface area contributed by atoms with E-state index in [2.05, 4.69) is 9.97 Å². The minimum Gasteiger partial charge on any atom is -0.436 e. The number of benzene rings is 2. The van der Waals surface area contributed by atoms with Crippen molar-refractivity contribution in [2.75, 3.05) is 12.0 Å². The fraction of sp³-hybridized carbons (Fsp3) is 0.0526. The molecule has 2 aromatic carbocycles. The normalized spacial score (nSPS) is 11.7. The summed E-state index contributed by atoms with van der Waals surface area (Å²) in [6, 6.07) is 15.9. The lowest BCUT2D eigenvalue weighted by Crippen LogP contribution is -1.98. The second kappa shape index (κ2) is 5.96. The van der Waals surface area contributed by atoms with Crippen LogP contribution in [0.5, 0.6) is 0 Å². The number of oxazole rings is 1. The molecule has 2 N–H and O–H groups in total. The Morgan fingerprint density at radius 1 is 1.00 bits per heavy atom. The summed E-state index contributed by atoms with van der Waals surface area (Å²) in [5.41, 5.74) is 9.40. The van der Waals surface area contributed by atoms with E-state index in [0.717, 1.165) is 16.6 Å². The molecule has 7 heteroatoms. The highest BCUT2D eigenvalue weighted by Gasteiger charge is 2.14. The first-order valence-electron chi connectivity index (χ1n) is 7.84. The molecule has 4 aromatic rings. The van der Waals surface area contributed by atoms with Crippen molar-refractivity contribution in [3.8, 4) is 22.6 Å². The van der Waals surface area contributed by atoms with Gasteiger partial charge in [-0.3, -0.25) is 0 Å². The van der Waals surface area contributed by atoms with Crippen LogP contribution in [0.2, 0.25) is 0 Å². The Hall–Kier alpha value is -3.19. The molecule has 6 nitrogen and oxygen atoms in total. The van der Waals surface area contributed by atoms with Crippen molar-refractivity contribution < 1.29 is 12.8 Å². The number of nitrogens with two attached hydrogens (primary N) is 1. The van der Waals surface area contributed by atoms with Crippen LogP contribution in [0.4, 0.5) is 5.82 Å². The molecule has 0 aliphatic rings. The zero-order chi connectivity index (χ0) is 18.3. The van der Waals surface area contributed by atoms with Gasteiger partial charge in [-0.2, -0.15) is 0 Å². The maximum Gasteiger partial charge on any atom is 0.231 e. The first-order valence-corrected chi connectivity index (χ1v) is 9.73. The first kappa shape index (κ1) is 16.3. The van der Waals surface area contributed by atoms with E-state index in [0.29, 0.717) is 22.9 Å². The van der Waals surface area contributed by atoms with Crippen molar-refractivity contribution in [1.82, 2.24) is 9.97 Å². The summed E-state index contributed by atoms with van der Waals surface area (Å²) in [5.74, 6) is 0.664. The van der Waals surface area contributed by atoms with Crippen molar-refractivity contribution in [2.45, 2.75) is 4.90 Å². The summed E-state index contributed by atoms with van der Waals surface area (Å²) in [7, 11) is -3.30. The van der Waals surface area contributed by atoms with Gasteiger partial charge in [0, 0.05) is 18.0 Å². The predicted molar refractivity (Wildman–Crippen MR) is 100 cm³/mol. The van der Waals surface area contributed by atoms with Crippen LogP contribution in [0.3, 0.4) is 0 Å². The van der Waals surface area contributed by atoms with Crippen molar-refractivity contribution >= 4 is 26.8 Å². The van der Waals surface area contributed by atoms with E-state index in [1.165, 1.54) is 6.26 Å². The molecule has 2 heterocycles. The van der Waals surface area contributed by atoms with Crippen LogP contribution in [-0.2, 0) is 9.84 Å². The van der Waals surface area contributed by atoms with E-state index in [9.17, 15) is 8.42 Å². The Bertz CT molecular complexity index is 1200. The fourth-order valence-corrected chi connectivity index (χ4v) is 3.37. The Balaban J connectivity index is 1.84. The molecule has 0 radical (unpaired) electrons. The first-order chi connectivity index (χ1) is 12.4. The highest BCUT2D eigenvalue weighted by atomic mass is 32.2. The summed E-state index contributed by atoms with van der Waals surface area (Å²) < 4.78 is 29.4. The van der Waals surface area contributed by atoms with Gasteiger partial charge in [0.15, 0.2) is 15.4 Å². The Kier molecular flexibility index (Phi) is 3.73. The van der Waals surface area contributed by atoms with Crippen molar-refractivity contribution in [2.24, 2.45) is 0 Å². The molecular weight excluding hydrogens is 350 g/mol. The third kappa shape index (κ3) is 2.93. The highest BCUT2D eigenvalue weighted by Crippen LogP contribution is 2.31. The van der Waals surface area contributed by atoms with E-state index in [1.807, 2.05) is 30.3 Å². The standard InChI is InChI=1S/C19H15N3O3S/c1-26(23,24)14-6-4-5-12(9-14)13-10-15(18(20)21-11-13)19-22-16-7-2-3-8-17(16)25-19/h2-11H,1H3,(H2,20,21). The SMILES string of the molecule is CS(=O)(=O)c1cccc(-c2cnc(N)c(-c3nc4ccccc4o3)c2)c1. The molecule has 0 amide bonds. The van der Waals surface area contributed by atoms with Crippen molar-refractivity contribution in [3.63, 3.8) is 0 Å². The lowest BCUT2D eigenvalue weighted by molar-refractivity contribution is 0.602. The number of para-hydroxylation sites is 2. The summed E-state index contributed by atoms with van der Waals surface area (Å²) in [6.45, 7) is 0. The number of hydrogen-bond acceptors (Lipinski definition) is 6. The minimum atomic E-state index is -3.30. The maximum absolute atomic E-state index is 11.8. The van der Waals surface area contributed by atoms with Crippen LogP contribution >= 0.6 is 0 Å². The minimum absolute atomic E-state index is 0.246. The molecule has 2 aromatic heterocycles. The van der Waals surface area contributed by atoms with Crippen LogP contribution in [0.15, 0.2) is 70.1 Å². The number of rotatable bonds is 3. The second-order valence-electron chi connectivity index (χ2n) is 5.94. The molecule has 130 valence electrons. The third-order valence-corrected chi connectivity index (χ3v) is 5.15. The van der Waals surface area contributed by atoms with Crippen LogP contribution in [0.25, 0.3) is 33.7 Å². The maximum atomic E-state index is 11.8. The Labute approximate surface area is 150 Å². The molecule has 0 fully saturated rings. The summed E-state index contributed by atoms with van der Waals surface area (Å²) in [4.78, 5) is 8.92. The smallest absolute Gasteiger partial charge is 0.231 e. The van der Waals surface area contributed by atoms with Gasteiger partial charge in [-0.15, -0.1) is 0 Å². The number of anilines is 1. The summed E-state index contributed by atoms with van der Waals surface area (Å²) in [6.07, 6.45) is 2.78. The Morgan fingerprint density at radius 2 is 1.81 bits per heavy atom. The molecule has 0 spiro atoms. The topological polar surface area (TPSA) is 99.1 Å². The largest absolute Gasteiger partial charge is 0.436 e. The molecule has 0 aliphatic carbocycles. The Morgan fingerprint density at radius 3 is 2.58 bits per heavy atom. The fourth-order valence-electron chi connectivity index (χ4n) is 2.70. The number of pyridine rings is 1. The van der Waals surface area contributed by atoms with E-state index >= 15 is 0 Å². The van der Waals surface area contributed by atoms with E-state index in [-0.39, 0.29) is 4.90 Å². The van der Waals surface area contributed by atoms with Gasteiger partial charge in [-0.25, -0.2) is 18.4 Å². The van der Waals surface area contributed by atoms with Gasteiger partial charge in [0.05, 0.1) is 10.5 Å². The average Bonchev–Trinajstić information content (AvgIpc) is 3.05. The zero-order valence-electron chi connectivity index (χ0n) is 13.9. The van der Waals surface area contributed by atoms with Crippen molar-refractivity contribution in [3.05, 3.63) is 60.8 Å². The van der Waals surface area contributed by atoms with Gasteiger partial charge in [-0.05, 0) is 35.9 Å². The summed E-state index contributed by atoms with van der Waals surface area (Å²) in [5, 5.41) is 0. The van der Waals surface area contributed by atoms with Gasteiger partial charge in [0.25, 0.3) is 0 Å². The van der Waals surface area contributed by atoms with Gasteiger partial charge in [0.2, 0.25) is 5.89 Å². The monoisotopic (exact) mass is 365 g/mol. The van der Waals surface area contributed by atoms with Crippen LogP contribution < -0.4 is 5.73 Å². The number of aromatic nitrogens is 2. The van der Waals surface area contributed by atoms with E-state index in [4.69, 9.17) is 10.2 Å². The van der Waals surface area contributed by atoms with Crippen LogP contribution in [0, 0.1) is 0 Å². The molecule has 26 heavy (non-hydrogen) atoms. The molecule has 0 atom stereocenters. The molecule has 0 saturated carbocycles. The molecule has 0 saturated heterocycles. The van der Waals surface area contributed by atoms with Gasteiger partial charge in [0.1, 0.15) is 11.3 Å². The highest BCUT2D eigenvalue weighted by molar-refractivity contribution is 7.90. The predicted octanol–water partition coefficient (Wildman–Crippen LogP) is 3.54. The number of nitrogen functional groups attached to an aromatic ring is 1. The van der Waals surface area contributed by atoms with Crippen LogP contribution in [0.1, 0.15) is 0 Å². The summed E-state index contributed by atoms with van der Waals surface area (Å²) >= 11 is 0. The molecule has 0 bridgehead atoms. The molecule has 4 rings (SSSR count). The lowest BCUT2D eigenvalue weighted by atomic mass is 10.1. The molecule has 0 unspecified atom stereocenters. The quantitative estimate of drug-likeness (QED) is 0.596. The number of nitrogens with zero attached hydrogens (tertiary/aromatic N) is 2. The number of fused-ring (bicyclic) bond motifs is 1. The van der Waals surface area contributed by atoms with Gasteiger partial charge >= 0.3 is 0 Å². The molecular formula is C19H15N3O3S. The van der Waals surface area contributed by atoms with Gasteiger partial charge in [-0.1, -0.05) is 24.3 Å². The van der Waals surface area contributed by atoms with Crippen molar-refractivity contribution in [1.29, 1.82) is 0 Å². The lowest BCUT2D eigenvalue weighted by Gasteiger charge is -2.07. The number of sulfone groups is 1. The molecule has 0 aliphatic heterocycles. The number of hydrogen-bond donors (Lipinski definition) is 1. The average molecular weight is 365 g/mol.